The summed E-state index contributed by atoms with van der Waals surface area (Å²) >= 11 is 6.40. The van der Waals surface area contributed by atoms with E-state index in [0.717, 1.165) is 12.1 Å². The molecule has 2 atom stereocenters. The lowest BCUT2D eigenvalue weighted by Crippen LogP contribution is -2.49. The van der Waals surface area contributed by atoms with Crippen LogP contribution in [0.1, 0.15) is 35.3 Å². The average Bonchev–Trinajstić information content (AvgIpc) is 3.16. The summed E-state index contributed by atoms with van der Waals surface area (Å²) in [5, 5.41) is 11.9. The molecule has 1 aliphatic rings. The van der Waals surface area contributed by atoms with Crippen molar-refractivity contribution in [1.29, 1.82) is 0 Å². The number of aliphatic imine (C=N–C) groups is 1. The van der Waals surface area contributed by atoms with Crippen LogP contribution in [0.25, 0.3) is 0 Å². The second kappa shape index (κ2) is 11.8. The Morgan fingerprint density at radius 1 is 1.11 bits per heavy atom. The van der Waals surface area contributed by atoms with E-state index in [2.05, 4.69) is 26.9 Å². The summed E-state index contributed by atoms with van der Waals surface area (Å²) in [6.07, 6.45) is -4.81. The van der Waals surface area contributed by atoms with Gasteiger partial charge in [0.05, 0.1) is 5.56 Å². The highest BCUT2D eigenvalue weighted by Gasteiger charge is 2.40. The first-order valence-electron chi connectivity index (χ1n) is 11.3. The van der Waals surface area contributed by atoms with Crippen molar-refractivity contribution in [1.82, 2.24) is 10.2 Å². The molecular formula is C26H25ClF3N3O5. The predicted octanol–water partition coefficient (Wildman–Crippen LogP) is 4.18. The summed E-state index contributed by atoms with van der Waals surface area (Å²) in [6.45, 7) is 3.66. The van der Waals surface area contributed by atoms with Crippen LogP contribution in [0.15, 0.2) is 53.5 Å². The number of alkyl halides is 3. The Balaban J connectivity index is 1.81. The highest BCUT2D eigenvalue weighted by Crippen LogP contribution is 2.26. The van der Waals surface area contributed by atoms with Gasteiger partial charge >= 0.3 is 12.3 Å². The second-order valence-corrected chi connectivity index (χ2v) is 9.15. The van der Waals surface area contributed by atoms with E-state index >= 15 is 0 Å². The van der Waals surface area contributed by atoms with Crippen molar-refractivity contribution in [2.24, 2.45) is 4.99 Å². The van der Waals surface area contributed by atoms with Gasteiger partial charge < -0.3 is 24.8 Å². The quantitative estimate of drug-likeness (QED) is 0.377. The van der Waals surface area contributed by atoms with Gasteiger partial charge in [-0.2, -0.15) is 0 Å². The molecule has 38 heavy (non-hydrogen) atoms. The van der Waals surface area contributed by atoms with Crippen molar-refractivity contribution < 1.29 is 37.3 Å². The molecule has 8 nitrogen and oxygen atoms in total. The highest BCUT2D eigenvalue weighted by atomic mass is 35.5. The van der Waals surface area contributed by atoms with Crippen LogP contribution in [0, 0.1) is 11.8 Å². The monoisotopic (exact) mass is 551 g/mol. The van der Waals surface area contributed by atoms with Crippen LogP contribution in [0.3, 0.4) is 0 Å². The summed E-state index contributed by atoms with van der Waals surface area (Å²) in [7, 11) is 1.50. The Bertz CT molecular complexity index is 1250. The van der Waals surface area contributed by atoms with Gasteiger partial charge in [-0.05, 0) is 60.8 Å². The number of rotatable bonds is 8. The fraction of sp³-hybridized carbons (Fsp3) is 0.346. The number of amidine groups is 1. The predicted molar refractivity (Wildman–Crippen MR) is 134 cm³/mol. The number of ether oxygens (including phenoxy) is 2. The number of halogens is 4. The zero-order valence-corrected chi connectivity index (χ0v) is 21.4. The molecule has 2 N–H and O–H groups in total. The van der Waals surface area contributed by atoms with E-state index in [1.54, 1.807) is 26.0 Å². The second-order valence-electron chi connectivity index (χ2n) is 8.81. The van der Waals surface area contributed by atoms with E-state index in [1.807, 2.05) is 0 Å². The Morgan fingerprint density at radius 2 is 1.71 bits per heavy atom. The van der Waals surface area contributed by atoms with E-state index < -0.39 is 35.9 Å². The Labute approximate surface area is 222 Å². The number of carbonyl (C=O) groups excluding carboxylic acids is 1. The van der Waals surface area contributed by atoms with E-state index in [9.17, 15) is 22.8 Å². The lowest BCUT2D eigenvalue weighted by atomic mass is 10.0. The molecule has 1 aliphatic heterocycles. The largest absolute Gasteiger partial charge is 0.573 e. The Morgan fingerprint density at radius 3 is 2.26 bits per heavy atom. The Hall–Kier alpha value is -3.75. The first-order valence-corrected chi connectivity index (χ1v) is 11.7. The first kappa shape index (κ1) is 28.8. The van der Waals surface area contributed by atoms with Crippen LogP contribution >= 0.6 is 11.6 Å². The normalized spacial score (nSPS) is 17.3. The molecule has 0 saturated carbocycles. The molecule has 0 aliphatic carbocycles. The maximum absolute atomic E-state index is 13.3. The standard InChI is InChI=1S/C26H25ClF3N3O5/c1-25(2,37-3)13-12-20-21(22(34)31-14-16-4-8-18(9-5-16)23(35)36)33(24(27)32-20)15-17-6-10-19(11-7-17)38-26(28,29)30/h4-11,20-21H,14-15H2,1-3H3,(H,31,34)(H,35,36). The molecule has 12 heteroatoms. The zero-order valence-electron chi connectivity index (χ0n) is 20.7. The van der Waals surface area contributed by atoms with E-state index in [1.165, 1.54) is 36.3 Å². The molecule has 3 rings (SSSR count). The van der Waals surface area contributed by atoms with Crippen LogP contribution in [0.5, 0.6) is 5.75 Å². The SMILES string of the molecule is COC(C)(C)C#CC1N=C(Cl)N(Cc2ccc(OC(F)(F)F)cc2)C1C(=O)NCc1ccc(C(=O)O)cc1. The lowest BCUT2D eigenvalue weighted by molar-refractivity contribution is -0.274. The molecule has 202 valence electrons. The summed E-state index contributed by atoms with van der Waals surface area (Å²) in [5.74, 6) is 3.99. The number of methoxy groups -OCH3 is 1. The fourth-order valence-electron chi connectivity index (χ4n) is 3.46. The molecular weight excluding hydrogens is 527 g/mol. The van der Waals surface area contributed by atoms with Gasteiger partial charge in [0, 0.05) is 20.2 Å². The number of amides is 1. The molecule has 0 spiro atoms. The molecule has 0 radical (unpaired) electrons. The van der Waals surface area contributed by atoms with E-state index in [4.69, 9.17) is 21.4 Å². The third-order valence-corrected chi connectivity index (χ3v) is 5.91. The van der Waals surface area contributed by atoms with Gasteiger partial charge in [0.1, 0.15) is 23.4 Å². The minimum atomic E-state index is -4.81. The number of nitrogens with zero attached hydrogens (tertiary/aromatic N) is 2. The van der Waals surface area contributed by atoms with Crippen LogP contribution in [0.4, 0.5) is 13.2 Å². The first-order chi connectivity index (χ1) is 17.8. The fourth-order valence-corrected chi connectivity index (χ4v) is 3.73. The molecule has 2 aromatic rings. The third kappa shape index (κ3) is 7.87. The highest BCUT2D eigenvalue weighted by molar-refractivity contribution is 6.65. The Kier molecular flexibility index (Phi) is 8.91. The average molecular weight is 552 g/mol. The van der Waals surface area contributed by atoms with Gasteiger partial charge in [0.2, 0.25) is 5.91 Å². The molecule has 2 unspecified atom stereocenters. The minimum absolute atomic E-state index is 0.0149. The molecule has 1 amide bonds. The zero-order chi connectivity index (χ0) is 28.1. The number of carbonyl (C=O) groups is 2. The van der Waals surface area contributed by atoms with Crippen LogP contribution in [0.2, 0.25) is 0 Å². The topological polar surface area (TPSA) is 100 Å². The molecule has 1 heterocycles. The van der Waals surface area contributed by atoms with Gasteiger partial charge in [0.15, 0.2) is 5.29 Å². The molecule has 0 saturated heterocycles. The summed E-state index contributed by atoms with van der Waals surface area (Å²) in [6, 6.07) is 9.42. The summed E-state index contributed by atoms with van der Waals surface area (Å²) in [4.78, 5) is 30.2. The third-order valence-electron chi connectivity index (χ3n) is 5.59. The van der Waals surface area contributed by atoms with Gasteiger partial charge in [-0.1, -0.05) is 36.1 Å². The van der Waals surface area contributed by atoms with Gasteiger partial charge in [-0.3, -0.25) is 4.79 Å². The van der Waals surface area contributed by atoms with Gasteiger partial charge in [-0.15, -0.1) is 13.2 Å². The van der Waals surface area contributed by atoms with E-state index in [0.29, 0.717) is 11.1 Å². The number of aromatic carboxylic acids is 1. The summed E-state index contributed by atoms with van der Waals surface area (Å²) < 4.78 is 46.7. The van der Waals surface area contributed by atoms with Crippen molar-refractivity contribution in [3.05, 3.63) is 65.2 Å². The van der Waals surface area contributed by atoms with E-state index in [-0.39, 0.29) is 29.7 Å². The number of carboxylic acids is 1. The summed E-state index contributed by atoms with van der Waals surface area (Å²) in [5.41, 5.74) is 0.533. The number of nitrogens with one attached hydrogen (secondary N) is 1. The lowest BCUT2D eigenvalue weighted by Gasteiger charge is -2.27. The van der Waals surface area contributed by atoms with Crippen LogP contribution < -0.4 is 10.1 Å². The van der Waals surface area contributed by atoms with Crippen molar-refractivity contribution in [3.8, 4) is 17.6 Å². The van der Waals surface area contributed by atoms with Crippen molar-refractivity contribution >= 4 is 28.8 Å². The smallest absolute Gasteiger partial charge is 0.478 e. The van der Waals surface area contributed by atoms with Crippen molar-refractivity contribution in [3.63, 3.8) is 0 Å². The minimum Gasteiger partial charge on any atom is -0.478 e. The van der Waals surface area contributed by atoms with Gasteiger partial charge in [-0.25, -0.2) is 9.79 Å². The number of hydrogen-bond donors (Lipinski definition) is 2. The van der Waals surface area contributed by atoms with Crippen LogP contribution in [-0.2, 0) is 22.6 Å². The number of benzene rings is 2. The van der Waals surface area contributed by atoms with Crippen LogP contribution in [-0.4, -0.2) is 58.3 Å². The molecule has 0 bridgehead atoms. The number of carboxylic acid groups (broad SMARTS) is 1. The maximum atomic E-state index is 13.3. The molecule has 2 aromatic carbocycles. The maximum Gasteiger partial charge on any atom is 0.573 e. The number of hydrogen-bond acceptors (Lipinski definition) is 6. The van der Waals surface area contributed by atoms with Gasteiger partial charge in [0.25, 0.3) is 0 Å². The van der Waals surface area contributed by atoms with Crippen molar-refractivity contribution in [2.45, 2.75) is 51.0 Å². The molecule has 0 fully saturated rings. The molecule has 0 aromatic heterocycles. The van der Waals surface area contributed by atoms with Crippen molar-refractivity contribution in [2.75, 3.05) is 7.11 Å².